The average molecular weight is 190 g/mol. The van der Waals surface area contributed by atoms with Crippen molar-refractivity contribution in [3.8, 4) is 6.07 Å². The molecule has 0 aliphatic carbocycles. The van der Waals surface area contributed by atoms with E-state index in [0.29, 0.717) is 11.3 Å². The maximum atomic E-state index is 10.9. The van der Waals surface area contributed by atoms with Crippen molar-refractivity contribution < 1.29 is 9.53 Å². The van der Waals surface area contributed by atoms with E-state index in [4.69, 9.17) is 5.26 Å². The van der Waals surface area contributed by atoms with E-state index >= 15 is 0 Å². The topological polar surface area (TPSA) is 62.1 Å². The van der Waals surface area contributed by atoms with Crippen LogP contribution in [0.4, 0.5) is 10.5 Å². The zero-order valence-electron chi connectivity index (χ0n) is 8.00. The van der Waals surface area contributed by atoms with Gasteiger partial charge in [-0.25, -0.2) is 4.79 Å². The lowest BCUT2D eigenvalue weighted by Gasteiger charge is -2.06. The highest BCUT2D eigenvalue weighted by Gasteiger charge is 2.07. The van der Waals surface area contributed by atoms with Crippen LogP contribution in [0.15, 0.2) is 18.2 Å². The van der Waals surface area contributed by atoms with Crippen LogP contribution in [-0.2, 0) is 4.74 Å². The van der Waals surface area contributed by atoms with Crippen LogP contribution < -0.4 is 5.32 Å². The van der Waals surface area contributed by atoms with E-state index in [0.717, 1.165) is 5.56 Å². The number of anilines is 1. The molecule has 72 valence electrons. The Labute approximate surface area is 82.1 Å². The van der Waals surface area contributed by atoms with Crippen LogP contribution in [0.5, 0.6) is 0 Å². The highest BCUT2D eigenvalue weighted by molar-refractivity contribution is 5.86. The summed E-state index contributed by atoms with van der Waals surface area (Å²) in [6.07, 6.45) is -0.577. The lowest BCUT2D eigenvalue weighted by molar-refractivity contribution is 0.187. The molecule has 14 heavy (non-hydrogen) atoms. The number of methoxy groups -OCH3 is 1. The van der Waals surface area contributed by atoms with E-state index in [1.165, 1.54) is 7.11 Å². The number of nitrogens with zero attached hydrogens (tertiary/aromatic N) is 1. The summed E-state index contributed by atoms with van der Waals surface area (Å²) in [5, 5.41) is 11.3. The summed E-state index contributed by atoms with van der Waals surface area (Å²) in [5.41, 5.74) is 1.75. The van der Waals surface area contributed by atoms with Crippen LogP contribution in [0.2, 0.25) is 0 Å². The van der Waals surface area contributed by atoms with E-state index in [-0.39, 0.29) is 0 Å². The summed E-state index contributed by atoms with van der Waals surface area (Å²) in [6.45, 7) is 1.81. The van der Waals surface area contributed by atoms with Crippen LogP contribution >= 0.6 is 0 Å². The second-order valence-corrected chi connectivity index (χ2v) is 2.73. The fourth-order valence-electron chi connectivity index (χ4n) is 1.08. The smallest absolute Gasteiger partial charge is 0.411 e. The molecular weight excluding hydrogens is 180 g/mol. The largest absolute Gasteiger partial charge is 0.453 e. The first-order chi connectivity index (χ1) is 6.69. The molecule has 4 heteroatoms. The number of hydrogen-bond acceptors (Lipinski definition) is 3. The van der Waals surface area contributed by atoms with E-state index in [1.807, 2.05) is 6.07 Å². The Morgan fingerprint density at radius 3 is 2.86 bits per heavy atom. The number of carbonyl (C=O) groups excluding carboxylic acids is 1. The predicted molar refractivity (Wildman–Crippen MR) is 51.9 cm³/mol. The molecule has 0 heterocycles. The molecule has 1 N–H and O–H groups in total. The second-order valence-electron chi connectivity index (χ2n) is 2.73. The van der Waals surface area contributed by atoms with Crippen LogP contribution in [0.25, 0.3) is 0 Å². The summed E-state index contributed by atoms with van der Waals surface area (Å²) in [4.78, 5) is 10.9. The molecule has 1 rings (SSSR count). The zero-order chi connectivity index (χ0) is 10.6. The zero-order valence-corrected chi connectivity index (χ0v) is 8.00. The SMILES string of the molecule is COC(=O)Nc1cccc(C)c1C#N. The minimum Gasteiger partial charge on any atom is -0.453 e. The summed E-state index contributed by atoms with van der Waals surface area (Å²) in [5.74, 6) is 0. The molecular formula is C10H10N2O2. The first-order valence-electron chi connectivity index (χ1n) is 4.03. The standard InChI is InChI=1S/C10H10N2O2/c1-7-4-3-5-9(8(7)6-11)12-10(13)14-2/h3-5H,1-2H3,(H,12,13). The van der Waals surface area contributed by atoms with Gasteiger partial charge in [0.25, 0.3) is 0 Å². The van der Waals surface area contributed by atoms with Gasteiger partial charge in [-0.2, -0.15) is 5.26 Å². The molecule has 0 saturated carbocycles. The molecule has 0 fully saturated rings. The number of rotatable bonds is 1. The third-order valence-corrected chi connectivity index (χ3v) is 1.81. The van der Waals surface area contributed by atoms with Crippen molar-refractivity contribution in [1.29, 1.82) is 5.26 Å². The van der Waals surface area contributed by atoms with Gasteiger partial charge >= 0.3 is 6.09 Å². The Hall–Kier alpha value is -2.02. The number of hydrogen-bond donors (Lipinski definition) is 1. The number of nitrogens with one attached hydrogen (secondary N) is 1. The summed E-state index contributed by atoms with van der Waals surface area (Å²) in [7, 11) is 1.27. The molecule has 0 atom stereocenters. The molecule has 1 aromatic carbocycles. The maximum Gasteiger partial charge on any atom is 0.411 e. The van der Waals surface area contributed by atoms with Crippen LogP contribution in [-0.4, -0.2) is 13.2 Å². The molecule has 0 aromatic heterocycles. The van der Waals surface area contributed by atoms with Gasteiger partial charge in [0, 0.05) is 0 Å². The summed E-state index contributed by atoms with van der Waals surface area (Å²) in [6, 6.07) is 7.25. The van der Waals surface area contributed by atoms with Gasteiger partial charge in [0.1, 0.15) is 6.07 Å². The summed E-state index contributed by atoms with van der Waals surface area (Å²) >= 11 is 0. The first kappa shape index (κ1) is 10.1. The van der Waals surface area contributed by atoms with E-state index in [9.17, 15) is 4.79 Å². The van der Waals surface area contributed by atoms with Gasteiger partial charge in [0.2, 0.25) is 0 Å². The second kappa shape index (κ2) is 4.28. The van der Waals surface area contributed by atoms with Crippen molar-refractivity contribution in [2.24, 2.45) is 0 Å². The molecule has 0 spiro atoms. The molecule has 0 aliphatic heterocycles. The van der Waals surface area contributed by atoms with Crippen LogP contribution in [0, 0.1) is 18.3 Å². The third-order valence-electron chi connectivity index (χ3n) is 1.81. The van der Waals surface area contributed by atoms with Gasteiger partial charge in [-0.1, -0.05) is 12.1 Å². The van der Waals surface area contributed by atoms with Crippen molar-refractivity contribution in [3.63, 3.8) is 0 Å². The Balaban J connectivity index is 3.04. The number of benzene rings is 1. The van der Waals surface area contributed by atoms with Crippen molar-refractivity contribution in [2.75, 3.05) is 12.4 Å². The lowest BCUT2D eigenvalue weighted by atomic mass is 10.1. The minimum atomic E-state index is -0.577. The molecule has 0 radical (unpaired) electrons. The molecule has 0 saturated heterocycles. The average Bonchev–Trinajstić information content (AvgIpc) is 2.18. The predicted octanol–water partition coefficient (Wildman–Crippen LogP) is 2.04. The van der Waals surface area contributed by atoms with Crippen molar-refractivity contribution >= 4 is 11.8 Å². The number of carbonyl (C=O) groups is 1. The highest BCUT2D eigenvalue weighted by atomic mass is 16.5. The van der Waals surface area contributed by atoms with Gasteiger partial charge in [0.05, 0.1) is 18.4 Å². The Bertz CT molecular complexity index is 394. The van der Waals surface area contributed by atoms with Gasteiger partial charge in [-0.05, 0) is 18.6 Å². The molecule has 1 aromatic rings. The minimum absolute atomic E-state index is 0.456. The first-order valence-corrected chi connectivity index (χ1v) is 4.03. The number of amides is 1. The Morgan fingerprint density at radius 1 is 1.57 bits per heavy atom. The van der Waals surface area contributed by atoms with Gasteiger partial charge in [-0.15, -0.1) is 0 Å². The van der Waals surface area contributed by atoms with Gasteiger partial charge in [-0.3, -0.25) is 5.32 Å². The number of ether oxygens (including phenoxy) is 1. The third kappa shape index (κ3) is 2.02. The molecule has 0 unspecified atom stereocenters. The molecule has 0 aliphatic rings. The van der Waals surface area contributed by atoms with E-state index in [2.05, 4.69) is 10.1 Å². The highest BCUT2D eigenvalue weighted by Crippen LogP contribution is 2.18. The van der Waals surface area contributed by atoms with E-state index in [1.54, 1.807) is 25.1 Å². The quantitative estimate of drug-likeness (QED) is 0.737. The van der Waals surface area contributed by atoms with Crippen molar-refractivity contribution in [3.05, 3.63) is 29.3 Å². The fraction of sp³-hybridized carbons (Fsp3) is 0.200. The van der Waals surface area contributed by atoms with Crippen LogP contribution in [0.3, 0.4) is 0 Å². The summed E-state index contributed by atoms with van der Waals surface area (Å²) < 4.78 is 4.43. The molecule has 0 bridgehead atoms. The van der Waals surface area contributed by atoms with Gasteiger partial charge < -0.3 is 4.74 Å². The molecule has 4 nitrogen and oxygen atoms in total. The maximum absolute atomic E-state index is 10.9. The van der Waals surface area contributed by atoms with Crippen LogP contribution in [0.1, 0.15) is 11.1 Å². The number of aryl methyl sites for hydroxylation is 1. The normalized spacial score (nSPS) is 8.93. The Kier molecular flexibility index (Phi) is 3.08. The van der Waals surface area contributed by atoms with E-state index < -0.39 is 6.09 Å². The van der Waals surface area contributed by atoms with Crippen molar-refractivity contribution in [2.45, 2.75) is 6.92 Å². The fourth-order valence-corrected chi connectivity index (χ4v) is 1.08. The van der Waals surface area contributed by atoms with Crippen molar-refractivity contribution in [1.82, 2.24) is 0 Å². The Morgan fingerprint density at radius 2 is 2.29 bits per heavy atom. The van der Waals surface area contributed by atoms with Gasteiger partial charge in [0.15, 0.2) is 0 Å². The monoisotopic (exact) mass is 190 g/mol. The molecule has 1 amide bonds. The lowest BCUT2D eigenvalue weighted by Crippen LogP contribution is -2.12. The number of nitriles is 1.